The Hall–Kier alpha value is -1.55. The van der Waals surface area contributed by atoms with Gasteiger partial charge in [-0.15, -0.1) is 0 Å². The Morgan fingerprint density at radius 3 is 2.44 bits per heavy atom. The number of nitrogens with two attached hydrogens (primary N) is 2. The molecular weight excluding hydrogens is 202 g/mol. The molecule has 1 amide bonds. The number of primary amides is 1. The molecule has 0 heterocycles. The summed E-state index contributed by atoms with van der Waals surface area (Å²) < 4.78 is 0. The van der Waals surface area contributed by atoms with Gasteiger partial charge in [0.1, 0.15) is 0 Å². The van der Waals surface area contributed by atoms with E-state index in [9.17, 15) is 4.79 Å². The van der Waals surface area contributed by atoms with Crippen molar-refractivity contribution < 1.29 is 4.79 Å². The Balaban J connectivity index is 2.43. The van der Waals surface area contributed by atoms with Crippen molar-refractivity contribution in [2.24, 2.45) is 5.73 Å². The molecule has 0 saturated heterocycles. The molecule has 4 nitrogen and oxygen atoms in total. The van der Waals surface area contributed by atoms with Crippen molar-refractivity contribution in [3.05, 3.63) is 29.8 Å². The molecule has 88 valence electrons. The van der Waals surface area contributed by atoms with Crippen molar-refractivity contribution in [1.82, 2.24) is 4.90 Å². The number of carbonyl (C=O) groups excluding carboxylic acids is 1. The molecule has 16 heavy (non-hydrogen) atoms. The molecule has 0 aliphatic rings. The number of likely N-dealkylation sites (N-methyl/N-ethyl adjacent to an activating group) is 1. The highest BCUT2D eigenvalue weighted by atomic mass is 16.1. The van der Waals surface area contributed by atoms with Crippen molar-refractivity contribution in [3.63, 3.8) is 0 Å². The average Bonchev–Trinajstić information content (AvgIpc) is 2.26. The van der Waals surface area contributed by atoms with Crippen LogP contribution in [0.1, 0.15) is 12.5 Å². The minimum absolute atomic E-state index is 0.279. The fraction of sp³-hybridized carbons (Fsp3) is 0.417. The van der Waals surface area contributed by atoms with Crippen LogP contribution in [0.3, 0.4) is 0 Å². The highest BCUT2D eigenvalue weighted by Gasteiger charge is 2.05. The number of hydrogen-bond acceptors (Lipinski definition) is 3. The Labute approximate surface area is 96.2 Å². The summed E-state index contributed by atoms with van der Waals surface area (Å²) in [5.74, 6) is -0.279. The Morgan fingerprint density at radius 2 is 1.94 bits per heavy atom. The lowest BCUT2D eigenvalue weighted by Gasteiger charge is -2.18. The Kier molecular flexibility index (Phi) is 4.79. The van der Waals surface area contributed by atoms with Gasteiger partial charge in [-0.3, -0.25) is 9.69 Å². The van der Waals surface area contributed by atoms with Crippen LogP contribution in [0.5, 0.6) is 0 Å². The number of amides is 1. The molecular formula is C12H19N3O. The number of rotatable bonds is 6. The van der Waals surface area contributed by atoms with E-state index in [1.54, 1.807) is 0 Å². The van der Waals surface area contributed by atoms with Gasteiger partial charge in [-0.1, -0.05) is 19.1 Å². The third kappa shape index (κ3) is 4.31. The van der Waals surface area contributed by atoms with Gasteiger partial charge >= 0.3 is 0 Å². The first kappa shape index (κ1) is 12.5. The normalized spacial score (nSPS) is 10.6. The Bertz CT molecular complexity index is 335. The molecule has 0 aliphatic heterocycles. The monoisotopic (exact) mass is 221 g/mol. The number of carbonyl (C=O) groups is 1. The lowest BCUT2D eigenvalue weighted by atomic mass is 10.1. The van der Waals surface area contributed by atoms with Crippen LogP contribution in [0, 0.1) is 0 Å². The van der Waals surface area contributed by atoms with Gasteiger partial charge in [-0.25, -0.2) is 0 Å². The molecule has 1 aromatic carbocycles. The lowest BCUT2D eigenvalue weighted by molar-refractivity contribution is -0.119. The summed E-state index contributed by atoms with van der Waals surface area (Å²) in [6.07, 6.45) is 0.904. The topological polar surface area (TPSA) is 72.3 Å². The summed E-state index contributed by atoms with van der Waals surface area (Å²) in [5, 5.41) is 0. The Morgan fingerprint density at radius 1 is 1.31 bits per heavy atom. The lowest BCUT2D eigenvalue weighted by Crippen LogP contribution is -2.35. The van der Waals surface area contributed by atoms with E-state index in [1.165, 1.54) is 5.56 Å². The first-order valence-electron chi connectivity index (χ1n) is 5.47. The molecule has 0 atom stereocenters. The van der Waals surface area contributed by atoms with E-state index in [2.05, 4.69) is 0 Å². The fourth-order valence-corrected chi connectivity index (χ4v) is 1.54. The average molecular weight is 221 g/mol. The molecule has 1 aromatic rings. The van der Waals surface area contributed by atoms with Gasteiger partial charge in [0.2, 0.25) is 5.91 Å². The van der Waals surface area contributed by atoms with Crippen LogP contribution in [-0.4, -0.2) is 30.4 Å². The second-order valence-corrected chi connectivity index (χ2v) is 3.83. The summed E-state index contributed by atoms with van der Waals surface area (Å²) in [7, 11) is 0. The van der Waals surface area contributed by atoms with E-state index < -0.39 is 0 Å². The zero-order valence-corrected chi connectivity index (χ0v) is 9.65. The smallest absolute Gasteiger partial charge is 0.231 e. The van der Waals surface area contributed by atoms with Crippen LogP contribution in [0.25, 0.3) is 0 Å². The van der Waals surface area contributed by atoms with Gasteiger partial charge in [0.05, 0.1) is 6.54 Å². The van der Waals surface area contributed by atoms with E-state index in [1.807, 2.05) is 36.1 Å². The number of anilines is 1. The summed E-state index contributed by atoms with van der Waals surface area (Å²) in [6, 6.07) is 7.79. The van der Waals surface area contributed by atoms with Gasteiger partial charge in [0.15, 0.2) is 0 Å². The number of hydrogen-bond donors (Lipinski definition) is 2. The van der Waals surface area contributed by atoms with Crippen LogP contribution in [0.15, 0.2) is 24.3 Å². The minimum Gasteiger partial charge on any atom is -0.399 e. The van der Waals surface area contributed by atoms with Gasteiger partial charge < -0.3 is 11.5 Å². The van der Waals surface area contributed by atoms with Crippen molar-refractivity contribution in [1.29, 1.82) is 0 Å². The SMILES string of the molecule is CCN(CCc1ccc(N)cc1)CC(N)=O. The van der Waals surface area contributed by atoms with Gasteiger partial charge in [0.25, 0.3) is 0 Å². The second kappa shape index (κ2) is 6.12. The maximum absolute atomic E-state index is 10.8. The molecule has 0 radical (unpaired) electrons. The van der Waals surface area contributed by atoms with Crippen molar-refractivity contribution in [2.75, 3.05) is 25.4 Å². The first-order chi connectivity index (χ1) is 7.61. The number of nitrogens with zero attached hydrogens (tertiary/aromatic N) is 1. The molecule has 0 aliphatic carbocycles. The van der Waals surface area contributed by atoms with E-state index in [-0.39, 0.29) is 5.91 Å². The van der Waals surface area contributed by atoms with Gasteiger partial charge in [-0.2, -0.15) is 0 Å². The van der Waals surface area contributed by atoms with E-state index >= 15 is 0 Å². The molecule has 0 aromatic heterocycles. The molecule has 0 unspecified atom stereocenters. The molecule has 4 N–H and O–H groups in total. The third-order valence-corrected chi connectivity index (χ3v) is 2.52. The van der Waals surface area contributed by atoms with E-state index in [0.717, 1.165) is 25.2 Å². The summed E-state index contributed by atoms with van der Waals surface area (Å²) in [6.45, 7) is 4.01. The molecule has 0 fully saturated rings. The summed E-state index contributed by atoms with van der Waals surface area (Å²) >= 11 is 0. The predicted octanol–water partition coefficient (Wildman–Crippen LogP) is 0.619. The maximum atomic E-state index is 10.8. The van der Waals surface area contributed by atoms with E-state index in [0.29, 0.717) is 6.54 Å². The zero-order chi connectivity index (χ0) is 12.0. The quantitative estimate of drug-likeness (QED) is 0.692. The van der Waals surface area contributed by atoms with Gasteiger partial charge in [-0.05, 0) is 30.7 Å². The van der Waals surface area contributed by atoms with Crippen molar-refractivity contribution >= 4 is 11.6 Å². The third-order valence-electron chi connectivity index (χ3n) is 2.52. The fourth-order valence-electron chi connectivity index (χ4n) is 1.54. The second-order valence-electron chi connectivity index (χ2n) is 3.83. The van der Waals surface area contributed by atoms with Crippen LogP contribution in [-0.2, 0) is 11.2 Å². The summed E-state index contributed by atoms with van der Waals surface area (Å²) in [4.78, 5) is 12.8. The first-order valence-corrected chi connectivity index (χ1v) is 5.47. The minimum atomic E-state index is -0.279. The summed E-state index contributed by atoms with van der Waals surface area (Å²) in [5.41, 5.74) is 12.8. The molecule has 0 spiro atoms. The molecule has 1 rings (SSSR count). The van der Waals surface area contributed by atoms with Crippen molar-refractivity contribution in [2.45, 2.75) is 13.3 Å². The molecule has 4 heteroatoms. The predicted molar refractivity (Wildman–Crippen MR) is 65.9 cm³/mol. The van der Waals surface area contributed by atoms with Crippen LogP contribution in [0.4, 0.5) is 5.69 Å². The number of nitrogen functional groups attached to an aromatic ring is 1. The maximum Gasteiger partial charge on any atom is 0.231 e. The van der Waals surface area contributed by atoms with Crippen LogP contribution >= 0.6 is 0 Å². The molecule has 0 saturated carbocycles. The van der Waals surface area contributed by atoms with Crippen molar-refractivity contribution in [3.8, 4) is 0 Å². The standard InChI is InChI=1S/C12H19N3O/c1-2-15(9-12(14)16)8-7-10-3-5-11(13)6-4-10/h3-6H,2,7-9,13H2,1H3,(H2,14,16). The zero-order valence-electron chi connectivity index (χ0n) is 9.65. The van der Waals surface area contributed by atoms with Gasteiger partial charge in [0, 0.05) is 12.2 Å². The van der Waals surface area contributed by atoms with E-state index in [4.69, 9.17) is 11.5 Å². The van der Waals surface area contributed by atoms with Crippen LogP contribution < -0.4 is 11.5 Å². The highest BCUT2D eigenvalue weighted by Crippen LogP contribution is 2.06. The highest BCUT2D eigenvalue weighted by molar-refractivity contribution is 5.75. The number of benzene rings is 1. The van der Waals surface area contributed by atoms with Crippen LogP contribution in [0.2, 0.25) is 0 Å². The molecule has 0 bridgehead atoms. The largest absolute Gasteiger partial charge is 0.399 e.